The van der Waals surface area contributed by atoms with Crippen molar-refractivity contribution in [2.75, 3.05) is 18.1 Å². The van der Waals surface area contributed by atoms with Crippen LogP contribution < -0.4 is 15.0 Å². The van der Waals surface area contributed by atoms with Crippen molar-refractivity contribution in [2.24, 2.45) is 0 Å². The number of para-hydroxylation sites is 1. The van der Waals surface area contributed by atoms with Gasteiger partial charge in [0, 0.05) is 11.7 Å². The molecule has 2 aromatic rings. The number of aryl methyl sites for hydroxylation is 2. The standard InChI is InChI=1S/C20H24N2O2/c1-14-8-9-19(15(2)12-14)24-11-10-21-20(23)22-16(3)13-17-6-4-5-7-18(17)22/h4-9,12,16H,10-11,13H2,1-3H3,(H,21,23). The van der Waals surface area contributed by atoms with Gasteiger partial charge in [-0.1, -0.05) is 35.9 Å². The van der Waals surface area contributed by atoms with E-state index in [0.29, 0.717) is 13.2 Å². The van der Waals surface area contributed by atoms with Crippen molar-refractivity contribution < 1.29 is 9.53 Å². The smallest absolute Gasteiger partial charge is 0.322 e. The summed E-state index contributed by atoms with van der Waals surface area (Å²) in [7, 11) is 0. The molecule has 1 aliphatic rings. The number of urea groups is 1. The quantitative estimate of drug-likeness (QED) is 0.868. The maximum absolute atomic E-state index is 12.5. The zero-order chi connectivity index (χ0) is 17.1. The van der Waals surface area contributed by atoms with Gasteiger partial charge in [-0.05, 0) is 50.5 Å². The third-order valence-corrected chi connectivity index (χ3v) is 4.39. The zero-order valence-electron chi connectivity index (χ0n) is 14.5. The van der Waals surface area contributed by atoms with Gasteiger partial charge in [0.25, 0.3) is 0 Å². The molecule has 0 bridgehead atoms. The molecule has 0 fully saturated rings. The number of rotatable bonds is 4. The number of nitrogens with one attached hydrogen (secondary N) is 1. The summed E-state index contributed by atoms with van der Waals surface area (Å²) in [5, 5.41) is 2.96. The first-order valence-electron chi connectivity index (χ1n) is 8.41. The molecule has 2 amide bonds. The van der Waals surface area contributed by atoms with Crippen molar-refractivity contribution in [3.8, 4) is 5.75 Å². The monoisotopic (exact) mass is 324 g/mol. The predicted octanol–water partition coefficient (Wildman–Crippen LogP) is 3.84. The van der Waals surface area contributed by atoms with E-state index in [2.05, 4.69) is 31.3 Å². The molecule has 0 saturated heterocycles. The van der Waals surface area contributed by atoms with E-state index < -0.39 is 0 Å². The van der Waals surface area contributed by atoms with Crippen LogP contribution in [0, 0.1) is 13.8 Å². The van der Waals surface area contributed by atoms with E-state index in [1.807, 2.05) is 42.2 Å². The second kappa shape index (κ2) is 6.95. The molecule has 24 heavy (non-hydrogen) atoms. The highest BCUT2D eigenvalue weighted by atomic mass is 16.5. The van der Waals surface area contributed by atoms with Crippen LogP contribution in [0.1, 0.15) is 23.6 Å². The fraction of sp³-hybridized carbons (Fsp3) is 0.350. The topological polar surface area (TPSA) is 41.6 Å². The predicted molar refractivity (Wildman–Crippen MR) is 96.9 cm³/mol. The van der Waals surface area contributed by atoms with Gasteiger partial charge in [-0.15, -0.1) is 0 Å². The molecular weight excluding hydrogens is 300 g/mol. The number of hydrogen-bond acceptors (Lipinski definition) is 2. The summed E-state index contributed by atoms with van der Waals surface area (Å²) in [6.45, 7) is 7.11. The van der Waals surface area contributed by atoms with Gasteiger partial charge < -0.3 is 10.1 Å². The minimum absolute atomic E-state index is 0.0586. The Balaban J connectivity index is 1.53. The molecule has 126 valence electrons. The molecule has 0 aromatic heterocycles. The van der Waals surface area contributed by atoms with Gasteiger partial charge in [0.2, 0.25) is 0 Å². The molecule has 0 aliphatic carbocycles. The number of anilines is 1. The Bertz CT molecular complexity index is 742. The van der Waals surface area contributed by atoms with E-state index >= 15 is 0 Å². The van der Waals surface area contributed by atoms with Crippen LogP contribution in [0.15, 0.2) is 42.5 Å². The molecule has 2 aromatic carbocycles. The summed E-state index contributed by atoms with van der Waals surface area (Å²) in [5.74, 6) is 0.870. The van der Waals surface area contributed by atoms with Gasteiger partial charge in [-0.25, -0.2) is 4.79 Å². The van der Waals surface area contributed by atoms with Gasteiger partial charge in [0.05, 0.1) is 6.54 Å². The average Bonchev–Trinajstić information content (AvgIpc) is 2.88. The summed E-state index contributed by atoms with van der Waals surface area (Å²) < 4.78 is 5.77. The Morgan fingerprint density at radius 1 is 1.25 bits per heavy atom. The van der Waals surface area contributed by atoms with Crippen LogP contribution >= 0.6 is 0 Å². The third kappa shape index (κ3) is 3.37. The first kappa shape index (κ1) is 16.4. The molecule has 1 N–H and O–H groups in total. The summed E-state index contributed by atoms with van der Waals surface area (Å²) in [4.78, 5) is 14.3. The van der Waals surface area contributed by atoms with E-state index in [-0.39, 0.29) is 12.1 Å². The van der Waals surface area contributed by atoms with Crippen molar-refractivity contribution in [2.45, 2.75) is 33.2 Å². The first-order valence-corrected chi connectivity index (χ1v) is 8.41. The molecule has 4 nitrogen and oxygen atoms in total. The van der Waals surface area contributed by atoms with Gasteiger partial charge in [0.1, 0.15) is 12.4 Å². The van der Waals surface area contributed by atoms with Crippen molar-refractivity contribution in [3.63, 3.8) is 0 Å². The zero-order valence-corrected chi connectivity index (χ0v) is 14.5. The van der Waals surface area contributed by atoms with Crippen molar-refractivity contribution in [1.29, 1.82) is 0 Å². The van der Waals surface area contributed by atoms with Crippen LogP contribution in [-0.4, -0.2) is 25.2 Å². The van der Waals surface area contributed by atoms with Crippen LogP contribution in [0.5, 0.6) is 5.75 Å². The molecule has 1 aliphatic heterocycles. The van der Waals surface area contributed by atoms with Crippen LogP contribution in [-0.2, 0) is 6.42 Å². The van der Waals surface area contributed by atoms with Gasteiger partial charge in [-0.3, -0.25) is 4.90 Å². The number of hydrogen-bond donors (Lipinski definition) is 1. The number of benzene rings is 2. The fourth-order valence-corrected chi connectivity index (χ4v) is 3.24. The SMILES string of the molecule is Cc1ccc(OCCNC(=O)N2c3ccccc3CC2C)c(C)c1. The van der Waals surface area contributed by atoms with Gasteiger partial charge in [0.15, 0.2) is 0 Å². The van der Waals surface area contributed by atoms with Gasteiger partial charge in [-0.2, -0.15) is 0 Å². The Morgan fingerprint density at radius 3 is 2.83 bits per heavy atom. The fourth-order valence-electron chi connectivity index (χ4n) is 3.24. The van der Waals surface area contributed by atoms with Crippen LogP contribution in [0.2, 0.25) is 0 Å². The minimum Gasteiger partial charge on any atom is -0.491 e. The van der Waals surface area contributed by atoms with Crippen LogP contribution in [0.3, 0.4) is 0 Å². The van der Waals surface area contributed by atoms with E-state index in [4.69, 9.17) is 4.74 Å². The second-order valence-electron chi connectivity index (χ2n) is 6.40. The number of fused-ring (bicyclic) bond motifs is 1. The lowest BCUT2D eigenvalue weighted by molar-refractivity contribution is 0.240. The highest BCUT2D eigenvalue weighted by molar-refractivity contribution is 5.94. The average molecular weight is 324 g/mol. The largest absolute Gasteiger partial charge is 0.491 e. The number of carbonyl (C=O) groups excluding carboxylic acids is 1. The lowest BCUT2D eigenvalue weighted by atomic mass is 10.1. The molecule has 0 radical (unpaired) electrons. The van der Waals surface area contributed by atoms with E-state index in [9.17, 15) is 4.79 Å². The summed E-state index contributed by atoms with van der Waals surface area (Å²) in [6.07, 6.45) is 0.905. The highest BCUT2D eigenvalue weighted by Crippen LogP contribution is 2.31. The molecule has 0 spiro atoms. The number of amides is 2. The molecule has 0 saturated carbocycles. The number of ether oxygens (including phenoxy) is 1. The molecular formula is C20H24N2O2. The maximum Gasteiger partial charge on any atom is 0.322 e. The molecule has 1 atom stereocenters. The van der Waals surface area contributed by atoms with Crippen molar-refractivity contribution in [3.05, 3.63) is 59.2 Å². The Hall–Kier alpha value is -2.49. The third-order valence-electron chi connectivity index (χ3n) is 4.39. The van der Waals surface area contributed by atoms with E-state index in [0.717, 1.165) is 23.4 Å². The lowest BCUT2D eigenvalue weighted by Gasteiger charge is -2.23. The second-order valence-corrected chi connectivity index (χ2v) is 6.40. The number of nitrogens with zero attached hydrogens (tertiary/aromatic N) is 1. The number of carbonyl (C=O) groups is 1. The Morgan fingerprint density at radius 2 is 2.04 bits per heavy atom. The molecule has 3 rings (SSSR count). The Kier molecular flexibility index (Phi) is 4.74. The molecule has 1 unspecified atom stereocenters. The highest BCUT2D eigenvalue weighted by Gasteiger charge is 2.30. The van der Waals surface area contributed by atoms with Crippen LogP contribution in [0.25, 0.3) is 0 Å². The van der Waals surface area contributed by atoms with Crippen LogP contribution in [0.4, 0.5) is 10.5 Å². The van der Waals surface area contributed by atoms with Crippen molar-refractivity contribution >= 4 is 11.7 Å². The molecule has 1 heterocycles. The summed E-state index contributed by atoms with van der Waals surface area (Å²) in [5.41, 5.74) is 4.57. The first-order chi connectivity index (χ1) is 11.6. The van der Waals surface area contributed by atoms with Crippen molar-refractivity contribution in [1.82, 2.24) is 5.32 Å². The van der Waals surface area contributed by atoms with Gasteiger partial charge >= 0.3 is 6.03 Å². The maximum atomic E-state index is 12.5. The minimum atomic E-state index is -0.0586. The molecule has 4 heteroatoms. The summed E-state index contributed by atoms with van der Waals surface area (Å²) in [6, 6.07) is 14.3. The summed E-state index contributed by atoms with van der Waals surface area (Å²) >= 11 is 0. The lowest BCUT2D eigenvalue weighted by Crippen LogP contribution is -2.44. The van der Waals surface area contributed by atoms with E-state index in [1.165, 1.54) is 11.1 Å². The normalized spacial score (nSPS) is 16.0. The Labute approximate surface area is 143 Å². The van der Waals surface area contributed by atoms with E-state index in [1.54, 1.807) is 0 Å².